The molecule has 0 radical (unpaired) electrons. The highest BCUT2D eigenvalue weighted by molar-refractivity contribution is 5.94. The van der Waals surface area contributed by atoms with Gasteiger partial charge in [0.25, 0.3) is 5.91 Å². The van der Waals surface area contributed by atoms with E-state index in [1.54, 1.807) is 0 Å². The summed E-state index contributed by atoms with van der Waals surface area (Å²) in [5.41, 5.74) is 1.83. The summed E-state index contributed by atoms with van der Waals surface area (Å²) in [7, 11) is 0. The van der Waals surface area contributed by atoms with Crippen LogP contribution in [-0.4, -0.2) is 18.5 Å². The van der Waals surface area contributed by atoms with Gasteiger partial charge in [0.15, 0.2) is 0 Å². The predicted octanol–water partition coefficient (Wildman–Crippen LogP) is 3.43. The Kier molecular flexibility index (Phi) is 4.83. The minimum Gasteiger partial charge on any atom is -0.385 e. The Bertz CT molecular complexity index is 405. The van der Waals surface area contributed by atoms with Gasteiger partial charge in [-0.3, -0.25) is 4.79 Å². The van der Waals surface area contributed by atoms with E-state index in [0.717, 1.165) is 23.7 Å². The largest absolute Gasteiger partial charge is 0.385 e. The minimum atomic E-state index is -0.00246. The number of hydrogen-bond acceptors (Lipinski definition) is 2. The molecule has 0 spiro atoms. The molecule has 1 fully saturated rings. The number of rotatable bonds is 5. The number of hydrogen-bond donors (Lipinski definition) is 2. The van der Waals surface area contributed by atoms with Gasteiger partial charge < -0.3 is 10.6 Å². The third kappa shape index (κ3) is 4.27. The smallest absolute Gasteiger partial charge is 0.251 e. The van der Waals surface area contributed by atoms with Crippen LogP contribution >= 0.6 is 0 Å². The Balaban J connectivity index is 1.85. The zero-order chi connectivity index (χ0) is 13.7. The quantitative estimate of drug-likeness (QED) is 0.851. The normalized spacial score (nSPS) is 15.7. The van der Waals surface area contributed by atoms with Crippen molar-refractivity contribution >= 4 is 11.6 Å². The standard InChI is InChI=1S/C16H24N2O/c1-12(2)18-16(19)14-7-9-15(10-8-14)17-11-13-5-3-4-6-13/h7-10,12-13,17H,3-6,11H2,1-2H3,(H,18,19). The highest BCUT2D eigenvalue weighted by Gasteiger charge is 2.14. The Hall–Kier alpha value is -1.51. The van der Waals surface area contributed by atoms with Crippen LogP contribution in [0.15, 0.2) is 24.3 Å². The average molecular weight is 260 g/mol. The third-order valence-corrected chi connectivity index (χ3v) is 3.64. The van der Waals surface area contributed by atoms with E-state index in [2.05, 4.69) is 10.6 Å². The molecule has 1 aromatic carbocycles. The fourth-order valence-electron chi connectivity index (χ4n) is 2.56. The van der Waals surface area contributed by atoms with Gasteiger partial charge in [0.05, 0.1) is 0 Å². The van der Waals surface area contributed by atoms with Gasteiger partial charge in [0.1, 0.15) is 0 Å². The Morgan fingerprint density at radius 3 is 2.42 bits per heavy atom. The van der Waals surface area contributed by atoms with E-state index in [1.807, 2.05) is 38.1 Å². The maximum Gasteiger partial charge on any atom is 0.251 e. The highest BCUT2D eigenvalue weighted by atomic mass is 16.1. The zero-order valence-corrected chi connectivity index (χ0v) is 11.9. The lowest BCUT2D eigenvalue weighted by Crippen LogP contribution is -2.29. The molecule has 1 amide bonds. The molecule has 0 heterocycles. The first kappa shape index (κ1) is 13.9. The van der Waals surface area contributed by atoms with Crippen LogP contribution in [-0.2, 0) is 0 Å². The van der Waals surface area contributed by atoms with E-state index < -0.39 is 0 Å². The number of amides is 1. The van der Waals surface area contributed by atoms with Crippen LogP contribution in [0, 0.1) is 5.92 Å². The van der Waals surface area contributed by atoms with Crippen molar-refractivity contribution < 1.29 is 4.79 Å². The summed E-state index contributed by atoms with van der Waals surface area (Å²) in [6.07, 6.45) is 5.45. The summed E-state index contributed by atoms with van der Waals surface area (Å²) in [5.74, 6) is 0.821. The number of anilines is 1. The summed E-state index contributed by atoms with van der Waals surface area (Å²) in [6, 6.07) is 7.92. The van der Waals surface area contributed by atoms with E-state index in [4.69, 9.17) is 0 Å². The van der Waals surface area contributed by atoms with Crippen molar-refractivity contribution in [1.82, 2.24) is 5.32 Å². The Morgan fingerprint density at radius 2 is 1.84 bits per heavy atom. The van der Waals surface area contributed by atoms with Crippen molar-refractivity contribution in [1.29, 1.82) is 0 Å². The Morgan fingerprint density at radius 1 is 1.21 bits per heavy atom. The van der Waals surface area contributed by atoms with Crippen molar-refractivity contribution in [2.24, 2.45) is 5.92 Å². The van der Waals surface area contributed by atoms with E-state index in [1.165, 1.54) is 25.7 Å². The predicted molar refractivity (Wildman–Crippen MR) is 79.5 cm³/mol. The highest BCUT2D eigenvalue weighted by Crippen LogP contribution is 2.25. The van der Waals surface area contributed by atoms with Crippen LogP contribution in [0.1, 0.15) is 49.9 Å². The van der Waals surface area contributed by atoms with Crippen LogP contribution in [0.25, 0.3) is 0 Å². The molecule has 1 aromatic rings. The summed E-state index contributed by atoms with van der Waals surface area (Å²) in [6.45, 7) is 4.99. The second kappa shape index (κ2) is 6.60. The first-order valence-electron chi connectivity index (χ1n) is 7.30. The van der Waals surface area contributed by atoms with Crippen LogP contribution in [0.4, 0.5) is 5.69 Å². The molecule has 1 aliphatic rings. The molecular weight excluding hydrogens is 236 g/mol. The van der Waals surface area contributed by atoms with Gasteiger partial charge in [-0.05, 0) is 56.9 Å². The monoisotopic (exact) mass is 260 g/mol. The minimum absolute atomic E-state index is 0.00246. The molecule has 0 bridgehead atoms. The van der Waals surface area contributed by atoms with Crippen LogP contribution in [0.3, 0.4) is 0 Å². The van der Waals surface area contributed by atoms with Gasteiger partial charge in [-0.2, -0.15) is 0 Å². The number of carbonyl (C=O) groups excluding carboxylic acids is 1. The molecule has 2 rings (SSSR count). The van der Waals surface area contributed by atoms with Crippen LogP contribution < -0.4 is 10.6 Å². The zero-order valence-electron chi connectivity index (χ0n) is 11.9. The summed E-state index contributed by atoms with van der Waals surface area (Å²) in [4.78, 5) is 11.8. The van der Waals surface area contributed by atoms with Gasteiger partial charge in [-0.25, -0.2) is 0 Å². The number of nitrogens with one attached hydrogen (secondary N) is 2. The van der Waals surface area contributed by atoms with Crippen molar-refractivity contribution in [3.8, 4) is 0 Å². The molecule has 3 nitrogen and oxygen atoms in total. The molecule has 2 N–H and O–H groups in total. The lowest BCUT2D eigenvalue weighted by Gasteiger charge is -2.12. The first-order chi connectivity index (χ1) is 9.15. The number of benzene rings is 1. The third-order valence-electron chi connectivity index (χ3n) is 3.64. The van der Waals surface area contributed by atoms with E-state index in [0.29, 0.717) is 0 Å². The van der Waals surface area contributed by atoms with Gasteiger partial charge >= 0.3 is 0 Å². The lowest BCUT2D eigenvalue weighted by atomic mass is 10.1. The fraction of sp³-hybridized carbons (Fsp3) is 0.562. The van der Waals surface area contributed by atoms with Gasteiger partial charge in [0, 0.05) is 23.8 Å². The molecule has 0 atom stereocenters. The SMILES string of the molecule is CC(C)NC(=O)c1ccc(NCC2CCCC2)cc1. The molecule has 3 heteroatoms. The van der Waals surface area contributed by atoms with Crippen molar-refractivity contribution in [2.75, 3.05) is 11.9 Å². The topological polar surface area (TPSA) is 41.1 Å². The van der Waals surface area contributed by atoms with E-state index in [9.17, 15) is 4.79 Å². The van der Waals surface area contributed by atoms with Gasteiger partial charge in [-0.15, -0.1) is 0 Å². The van der Waals surface area contributed by atoms with Crippen molar-refractivity contribution in [3.63, 3.8) is 0 Å². The molecule has 0 aliphatic heterocycles. The Labute approximate surface area is 115 Å². The van der Waals surface area contributed by atoms with Gasteiger partial charge in [-0.1, -0.05) is 12.8 Å². The molecule has 1 saturated carbocycles. The van der Waals surface area contributed by atoms with Crippen LogP contribution in [0.5, 0.6) is 0 Å². The summed E-state index contributed by atoms with van der Waals surface area (Å²) >= 11 is 0. The maximum atomic E-state index is 11.8. The van der Waals surface area contributed by atoms with Crippen LogP contribution in [0.2, 0.25) is 0 Å². The van der Waals surface area contributed by atoms with Crippen molar-refractivity contribution in [3.05, 3.63) is 29.8 Å². The van der Waals surface area contributed by atoms with Gasteiger partial charge in [0.2, 0.25) is 0 Å². The average Bonchev–Trinajstić information content (AvgIpc) is 2.89. The molecule has 1 aliphatic carbocycles. The summed E-state index contributed by atoms with van der Waals surface area (Å²) in [5, 5.41) is 6.36. The molecule has 0 unspecified atom stereocenters. The molecule has 104 valence electrons. The second-order valence-electron chi connectivity index (χ2n) is 5.74. The fourth-order valence-corrected chi connectivity index (χ4v) is 2.56. The molecule has 0 aromatic heterocycles. The van der Waals surface area contributed by atoms with E-state index in [-0.39, 0.29) is 11.9 Å². The maximum absolute atomic E-state index is 11.8. The first-order valence-corrected chi connectivity index (χ1v) is 7.30. The lowest BCUT2D eigenvalue weighted by molar-refractivity contribution is 0.0943. The van der Waals surface area contributed by atoms with E-state index >= 15 is 0 Å². The number of carbonyl (C=O) groups is 1. The summed E-state index contributed by atoms with van der Waals surface area (Å²) < 4.78 is 0. The molecular formula is C16H24N2O. The second-order valence-corrected chi connectivity index (χ2v) is 5.74. The molecule has 0 saturated heterocycles. The van der Waals surface area contributed by atoms with Crippen molar-refractivity contribution in [2.45, 2.75) is 45.6 Å². The molecule has 19 heavy (non-hydrogen) atoms.